The molecule has 2 amide bonds. The number of amides is 2. The average Bonchev–Trinajstić information content (AvgIpc) is 3.03. The van der Waals surface area contributed by atoms with Crippen LogP contribution in [0.25, 0.3) is 0 Å². The Balaban J connectivity index is 1.45. The quantitative estimate of drug-likeness (QED) is 0.905. The first-order valence-electron chi connectivity index (χ1n) is 8.12. The summed E-state index contributed by atoms with van der Waals surface area (Å²) in [5, 5.41) is 5.87. The molecule has 1 heterocycles. The molecular weight excluding hydrogens is 286 g/mol. The van der Waals surface area contributed by atoms with E-state index >= 15 is 0 Å². The van der Waals surface area contributed by atoms with Crippen LogP contribution in [0.15, 0.2) is 54.6 Å². The van der Waals surface area contributed by atoms with Gasteiger partial charge < -0.3 is 15.5 Å². The van der Waals surface area contributed by atoms with Crippen LogP contribution in [0.2, 0.25) is 0 Å². The molecule has 0 radical (unpaired) electrons. The zero-order valence-electron chi connectivity index (χ0n) is 13.5. The molecule has 0 spiro atoms. The van der Waals surface area contributed by atoms with Gasteiger partial charge in [-0.3, -0.25) is 0 Å². The lowest BCUT2D eigenvalue weighted by atomic mass is 10.1. The summed E-state index contributed by atoms with van der Waals surface area (Å²) in [7, 11) is 0. The number of hydrogen-bond donors (Lipinski definition) is 2. The summed E-state index contributed by atoms with van der Waals surface area (Å²) in [6.07, 6.45) is 1.11. The van der Waals surface area contributed by atoms with Crippen LogP contribution in [0.5, 0.6) is 0 Å². The van der Waals surface area contributed by atoms with Crippen molar-refractivity contribution in [2.45, 2.75) is 13.3 Å². The predicted molar refractivity (Wildman–Crippen MR) is 95.0 cm³/mol. The molecule has 3 rings (SSSR count). The largest absolute Gasteiger partial charge is 0.371 e. The highest BCUT2D eigenvalue weighted by atomic mass is 16.2. The lowest BCUT2D eigenvalue weighted by molar-refractivity contribution is 0.250. The molecule has 2 N–H and O–H groups in total. The number of aryl methyl sites for hydroxylation is 1. The summed E-state index contributed by atoms with van der Waals surface area (Å²) < 4.78 is 0. The van der Waals surface area contributed by atoms with Gasteiger partial charge in [-0.05, 0) is 49.1 Å². The van der Waals surface area contributed by atoms with E-state index in [0.717, 1.165) is 30.8 Å². The standard InChI is InChI=1S/C19H23N3O/c1-15-6-5-7-17(12-15)21-19(23)20-13-16-10-11-22(14-16)18-8-3-2-4-9-18/h2-9,12,16H,10-11,13-14H2,1H3,(H2,20,21,23). The fourth-order valence-corrected chi connectivity index (χ4v) is 3.01. The van der Waals surface area contributed by atoms with E-state index < -0.39 is 0 Å². The van der Waals surface area contributed by atoms with Crippen LogP contribution in [0.4, 0.5) is 16.2 Å². The summed E-state index contributed by atoms with van der Waals surface area (Å²) in [5.74, 6) is 0.499. The first-order valence-corrected chi connectivity index (χ1v) is 8.12. The van der Waals surface area contributed by atoms with E-state index in [0.29, 0.717) is 12.5 Å². The number of benzene rings is 2. The van der Waals surface area contributed by atoms with E-state index in [2.05, 4.69) is 39.8 Å². The molecular formula is C19H23N3O. The zero-order valence-corrected chi connectivity index (χ0v) is 13.5. The van der Waals surface area contributed by atoms with Crippen LogP contribution in [-0.2, 0) is 0 Å². The van der Waals surface area contributed by atoms with Gasteiger partial charge in [0, 0.05) is 31.0 Å². The maximum atomic E-state index is 12.0. The zero-order chi connectivity index (χ0) is 16.1. The van der Waals surface area contributed by atoms with Gasteiger partial charge in [0.15, 0.2) is 0 Å². The SMILES string of the molecule is Cc1cccc(NC(=O)NCC2CCN(c3ccccc3)C2)c1. The second-order valence-corrected chi connectivity index (χ2v) is 6.14. The van der Waals surface area contributed by atoms with Crippen LogP contribution >= 0.6 is 0 Å². The van der Waals surface area contributed by atoms with Gasteiger partial charge in [-0.1, -0.05) is 30.3 Å². The van der Waals surface area contributed by atoms with Crippen molar-refractivity contribution < 1.29 is 4.79 Å². The number of urea groups is 1. The molecule has 2 aromatic carbocycles. The molecule has 120 valence electrons. The number of hydrogen-bond acceptors (Lipinski definition) is 2. The van der Waals surface area contributed by atoms with E-state index in [1.807, 2.05) is 37.3 Å². The van der Waals surface area contributed by atoms with Gasteiger partial charge >= 0.3 is 6.03 Å². The van der Waals surface area contributed by atoms with E-state index in [9.17, 15) is 4.79 Å². The Bertz CT molecular complexity index is 657. The van der Waals surface area contributed by atoms with Crippen molar-refractivity contribution in [3.63, 3.8) is 0 Å². The van der Waals surface area contributed by atoms with Crippen molar-refractivity contribution in [3.05, 3.63) is 60.2 Å². The molecule has 1 saturated heterocycles. The van der Waals surface area contributed by atoms with Gasteiger partial charge in [0.25, 0.3) is 0 Å². The number of nitrogens with zero attached hydrogens (tertiary/aromatic N) is 1. The number of para-hydroxylation sites is 1. The van der Waals surface area contributed by atoms with E-state index in [-0.39, 0.29) is 6.03 Å². The van der Waals surface area contributed by atoms with Gasteiger partial charge in [-0.15, -0.1) is 0 Å². The van der Waals surface area contributed by atoms with Crippen molar-refractivity contribution in [3.8, 4) is 0 Å². The molecule has 1 atom stereocenters. The molecule has 0 bridgehead atoms. The van der Waals surface area contributed by atoms with Crippen molar-refractivity contribution in [1.82, 2.24) is 5.32 Å². The van der Waals surface area contributed by atoms with Crippen LogP contribution in [0, 0.1) is 12.8 Å². The summed E-state index contributed by atoms with van der Waals surface area (Å²) in [6, 6.07) is 18.1. The number of anilines is 2. The number of rotatable bonds is 4. The highest BCUT2D eigenvalue weighted by molar-refractivity contribution is 5.89. The van der Waals surface area contributed by atoms with Crippen LogP contribution in [0.1, 0.15) is 12.0 Å². The fourth-order valence-electron chi connectivity index (χ4n) is 3.01. The molecule has 1 fully saturated rings. The van der Waals surface area contributed by atoms with Crippen LogP contribution < -0.4 is 15.5 Å². The molecule has 1 unspecified atom stereocenters. The summed E-state index contributed by atoms with van der Waals surface area (Å²) in [6.45, 7) is 4.77. The number of carbonyl (C=O) groups is 1. The van der Waals surface area contributed by atoms with Crippen molar-refractivity contribution in [2.24, 2.45) is 5.92 Å². The van der Waals surface area contributed by atoms with Crippen molar-refractivity contribution in [1.29, 1.82) is 0 Å². The molecule has 4 heteroatoms. The minimum absolute atomic E-state index is 0.131. The summed E-state index contributed by atoms with van der Waals surface area (Å²) >= 11 is 0. The fraction of sp³-hybridized carbons (Fsp3) is 0.316. The Morgan fingerprint density at radius 1 is 1.17 bits per heavy atom. The first-order chi connectivity index (χ1) is 11.2. The maximum Gasteiger partial charge on any atom is 0.319 e. The number of nitrogens with one attached hydrogen (secondary N) is 2. The summed E-state index contributed by atoms with van der Waals surface area (Å²) in [4.78, 5) is 14.4. The smallest absolute Gasteiger partial charge is 0.319 e. The lowest BCUT2D eigenvalue weighted by Gasteiger charge is -2.18. The lowest BCUT2D eigenvalue weighted by Crippen LogP contribution is -2.34. The Hall–Kier alpha value is -2.49. The third-order valence-corrected chi connectivity index (χ3v) is 4.23. The van der Waals surface area contributed by atoms with Crippen molar-refractivity contribution in [2.75, 3.05) is 29.9 Å². The molecule has 0 aromatic heterocycles. The summed E-state index contributed by atoms with van der Waals surface area (Å²) in [5.41, 5.74) is 3.23. The van der Waals surface area contributed by atoms with Crippen LogP contribution in [0.3, 0.4) is 0 Å². The topological polar surface area (TPSA) is 44.4 Å². The molecule has 4 nitrogen and oxygen atoms in total. The third-order valence-electron chi connectivity index (χ3n) is 4.23. The van der Waals surface area contributed by atoms with Crippen molar-refractivity contribution >= 4 is 17.4 Å². The monoisotopic (exact) mass is 309 g/mol. The Kier molecular flexibility index (Phi) is 4.81. The second-order valence-electron chi connectivity index (χ2n) is 6.14. The highest BCUT2D eigenvalue weighted by Gasteiger charge is 2.22. The van der Waals surface area contributed by atoms with E-state index in [1.54, 1.807) is 0 Å². The highest BCUT2D eigenvalue weighted by Crippen LogP contribution is 2.22. The molecule has 1 aliphatic heterocycles. The maximum absolute atomic E-state index is 12.0. The van der Waals surface area contributed by atoms with Gasteiger partial charge in [0.2, 0.25) is 0 Å². The normalized spacial score (nSPS) is 17.1. The Labute approximate surface area is 137 Å². The molecule has 23 heavy (non-hydrogen) atoms. The van der Waals surface area contributed by atoms with Crippen LogP contribution in [-0.4, -0.2) is 25.7 Å². The molecule has 2 aromatic rings. The second kappa shape index (κ2) is 7.18. The Morgan fingerprint density at radius 2 is 2.00 bits per heavy atom. The molecule has 0 saturated carbocycles. The van der Waals surface area contributed by atoms with E-state index in [4.69, 9.17) is 0 Å². The van der Waals surface area contributed by atoms with Gasteiger partial charge in [0.05, 0.1) is 0 Å². The molecule has 1 aliphatic rings. The first kappa shape index (κ1) is 15.4. The minimum Gasteiger partial charge on any atom is -0.371 e. The number of carbonyl (C=O) groups excluding carboxylic acids is 1. The van der Waals surface area contributed by atoms with Gasteiger partial charge in [0.1, 0.15) is 0 Å². The Morgan fingerprint density at radius 3 is 2.78 bits per heavy atom. The van der Waals surface area contributed by atoms with E-state index in [1.165, 1.54) is 5.69 Å². The van der Waals surface area contributed by atoms with Gasteiger partial charge in [-0.25, -0.2) is 4.79 Å². The predicted octanol–water partition coefficient (Wildman–Crippen LogP) is 3.64. The average molecular weight is 309 g/mol. The van der Waals surface area contributed by atoms with Gasteiger partial charge in [-0.2, -0.15) is 0 Å². The molecule has 0 aliphatic carbocycles. The third kappa shape index (κ3) is 4.25. The minimum atomic E-state index is -0.131.